The largest absolute Gasteiger partial charge is 0.493 e. The normalized spacial score (nSPS) is 14.8. The number of ether oxygens (including phenoxy) is 3. The third-order valence-corrected chi connectivity index (χ3v) is 4.85. The van der Waals surface area contributed by atoms with Crippen LogP contribution in [-0.4, -0.2) is 50.2 Å². The number of rotatable bonds is 8. The van der Waals surface area contributed by atoms with Crippen molar-refractivity contribution in [1.29, 1.82) is 0 Å². The molecule has 0 aromatic heterocycles. The van der Waals surface area contributed by atoms with Crippen molar-refractivity contribution in [3.05, 3.63) is 29.8 Å². The zero-order valence-corrected chi connectivity index (χ0v) is 16.4. The van der Waals surface area contributed by atoms with Gasteiger partial charge in [-0.25, -0.2) is 4.79 Å². The van der Waals surface area contributed by atoms with Crippen LogP contribution in [-0.2, 0) is 14.3 Å². The highest BCUT2D eigenvalue weighted by atomic mass is 16.5. The number of hydrogen-bond donors (Lipinski definition) is 0. The van der Waals surface area contributed by atoms with Gasteiger partial charge in [-0.2, -0.15) is 0 Å². The van der Waals surface area contributed by atoms with Crippen molar-refractivity contribution < 1.29 is 23.8 Å². The van der Waals surface area contributed by atoms with E-state index in [4.69, 9.17) is 14.2 Å². The Morgan fingerprint density at radius 2 is 1.89 bits per heavy atom. The molecule has 0 heterocycles. The van der Waals surface area contributed by atoms with E-state index < -0.39 is 5.97 Å². The number of likely N-dealkylation sites (N-methyl/N-ethyl adjacent to an activating group) is 1. The standard InChI is InChI=1S/C21H29NO5/c1-4-22(17-10-6-5-7-11-17)19(23)15-27-20(24)14-13-16-9-8-12-18(25-2)21(16)26-3/h8-9,12-14,17H,4-7,10-11,15H2,1-3H3. The lowest BCUT2D eigenvalue weighted by Crippen LogP contribution is -2.43. The zero-order valence-electron chi connectivity index (χ0n) is 16.4. The van der Waals surface area contributed by atoms with Gasteiger partial charge in [-0.3, -0.25) is 4.79 Å². The fourth-order valence-corrected chi connectivity index (χ4v) is 3.50. The van der Waals surface area contributed by atoms with Crippen molar-refractivity contribution in [1.82, 2.24) is 4.90 Å². The van der Waals surface area contributed by atoms with E-state index in [-0.39, 0.29) is 18.6 Å². The lowest BCUT2D eigenvalue weighted by atomic mass is 9.94. The number of nitrogens with zero attached hydrogens (tertiary/aromatic N) is 1. The van der Waals surface area contributed by atoms with E-state index in [0.29, 0.717) is 23.6 Å². The first-order valence-corrected chi connectivity index (χ1v) is 9.46. The van der Waals surface area contributed by atoms with Crippen LogP contribution in [0.25, 0.3) is 6.08 Å². The topological polar surface area (TPSA) is 65.1 Å². The first kappa shape index (κ1) is 20.8. The van der Waals surface area contributed by atoms with Crippen LogP contribution in [0.15, 0.2) is 24.3 Å². The van der Waals surface area contributed by atoms with Crippen molar-refractivity contribution in [2.45, 2.75) is 45.1 Å². The number of hydrogen-bond acceptors (Lipinski definition) is 5. The van der Waals surface area contributed by atoms with Crippen LogP contribution in [0.4, 0.5) is 0 Å². The molecule has 0 saturated heterocycles. The minimum absolute atomic E-state index is 0.134. The predicted molar refractivity (Wildman–Crippen MR) is 104 cm³/mol. The van der Waals surface area contributed by atoms with Crippen LogP contribution < -0.4 is 9.47 Å². The fraction of sp³-hybridized carbons (Fsp3) is 0.524. The van der Waals surface area contributed by atoms with Crippen molar-refractivity contribution in [3.8, 4) is 11.5 Å². The number of benzene rings is 1. The fourth-order valence-electron chi connectivity index (χ4n) is 3.50. The first-order chi connectivity index (χ1) is 13.1. The highest BCUT2D eigenvalue weighted by Gasteiger charge is 2.24. The molecule has 1 aliphatic carbocycles. The molecule has 0 aliphatic heterocycles. The van der Waals surface area contributed by atoms with Crippen LogP contribution >= 0.6 is 0 Å². The Balaban J connectivity index is 1.91. The van der Waals surface area contributed by atoms with Gasteiger partial charge in [-0.05, 0) is 31.9 Å². The number of carbonyl (C=O) groups is 2. The van der Waals surface area contributed by atoms with Crippen molar-refractivity contribution in [3.63, 3.8) is 0 Å². The second-order valence-corrected chi connectivity index (χ2v) is 6.50. The molecule has 0 unspecified atom stereocenters. The second kappa shape index (κ2) is 10.6. The minimum Gasteiger partial charge on any atom is -0.493 e. The maximum absolute atomic E-state index is 12.4. The van der Waals surface area contributed by atoms with Gasteiger partial charge in [0.25, 0.3) is 5.91 Å². The van der Waals surface area contributed by atoms with Crippen LogP contribution in [0.2, 0.25) is 0 Å². The Kier molecular flexibility index (Phi) is 8.17. The molecule has 6 heteroatoms. The molecule has 1 aromatic carbocycles. The molecule has 0 bridgehead atoms. The molecule has 0 radical (unpaired) electrons. The molecule has 1 aromatic rings. The minimum atomic E-state index is -0.562. The van der Waals surface area contributed by atoms with E-state index >= 15 is 0 Å². The number of para-hydroxylation sites is 1. The molecule has 1 fully saturated rings. The van der Waals surface area contributed by atoms with E-state index in [9.17, 15) is 9.59 Å². The van der Waals surface area contributed by atoms with Crippen LogP contribution in [0, 0.1) is 0 Å². The van der Waals surface area contributed by atoms with E-state index in [1.54, 1.807) is 31.4 Å². The molecular weight excluding hydrogens is 346 g/mol. The van der Waals surface area contributed by atoms with Gasteiger partial charge in [0.1, 0.15) is 0 Å². The van der Waals surface area contributed by atoms with E-state index in [1.165, 1.54) is 19.6 Å². The molecule has 1 aliphatic rings. The van der Waals surface area contributed by atoms with Gasteiger partial charge in [0.2, 0.25) is 0 Å². The summed E-state index contributed by atoms with van der Waals surface area (Å²) in [6.45, 7) is 2.37. The summed E-state index contributed by atoms with van der Waals surface area (Å²) in [7, 11) is 3.09. The van der Waals surface area contributed by atoms with Gasteiger partial charge in [-0.15, -0.1) is 0 Å². The molecule has 2 rings (SSSR count). The zero-order chi connectivity index (χ0) is 19.6. The van der Waals surface area contributed by atoms with Gasteiger partial charge in [0.15, 0.2) is 18.1 Å². The summed E-state index contributed by atoms with van der Waals surface area (Å²) in [5.41, 5.74) is 0.692. The Morgan fingerprint density at radius 1 is 1.15 bits per heavy atom. The van der Waals surface area contributed by atoms with Crippen molar-refractivity contribution >= 4 is 18.0 Å². The third-order valence-electron chi connectivity index (χ3n) is 4.85. The number of amides is 1. The summed E-state index contributed by atoms with van der Waals surface area (Å²) in [5.74, 6) is 0.418. The number of carbonyl (C=O) groups excluding carboxylic acids is 2. The number of methoxy groups -OCH3 is 2. The molecule has 1 amide bonds. The second-order valence-electron chi connectivity index (χ2n) is 6.50. The van der Waals surface area contributed by atoms with Gasteiger partial charge < -0.3 is 19.1 Å². The van der Waals surface area contributed by atoms with Crippen molar-refractivity contribution in [2.75, 3.05) is 27.4 Å². The van der Waals surface area contributed by atoms with Gasteiger partial charge >= 0.3 is 5.97 Å². The Labute approximate surface area is 161 Å². The Hall–Kier alpha value is -2.50. The Bertz CT molecular complexity index is 665. The predicted octanol–water partition coefficient (Wildman–Crippen LogP) is 3.44. The molecule has 0 atom stereocenters. The Morgan fingerprint density at radius 3 is 2.52 bits per heavy atom. The highest BCUT2D eigenvalue weighted by molar-refractivity contribution is 5.90. The van der Waals surface area contributed by atoms with E-state index in [1.807, 2.05) is 11.8 Å². The molecule has 0 N–H and O–H groups in total. The van der Waals surface area contributed by atoms with Gasteiger partial charge in [0.05, 0.1) is 14.2 Å². The van der Waals surface area contributed by atoms with Crippen LogP contribution in [0.1, 0.15) is 44.6 Å². The first-order valence-electron chi connectivity index (χ1n) is 9.46. The third kappa shape index (κ3) is 5.74. The number of esters is 1. The van der Waals surface area contributed by atoms with Crippen LogP contribution in [0.5, 0.6) is 11.5 Å². The summed E-state index contributed by atoms with van der Waals surface area (Å²) in [5, 5.41) is 0. The summed E-state index contributed by atoms with van der Waals surface area (Å²) in [6, 6.07) is 5.65. The smallest absolute Gasteiger partial charge is 0.331 e. The quantitative estimate of drug-likeness (QED) is 0.514. The summed E-state index contributed by atoms with van der Waals surface area (Å²) in [6.07, 6.45) is 8.48. The van der Waals surface area contributed by atoms with Crippen LogP contribution in [0.3, 0.4) is 0 Å². The summed E-state index contributed by atoms with van der Waals surface area (Å²) < 4.78 is 15.7. The average Bonchev–Trinajstić information content (AvgIpc) is 2.71. The maximum Gasteiger partial charge on any atom is 0.331 e. The average molecular weight is 375 g/mol. The van der Waals surface area contributed by atoms with Gasteiger partial charge in [0, 0.05) is 24.2 Å². The molecule has 0 spiro atoms. The molecule has 1 saturated carbocycles. The summed E-state index contributed by atoms with van der Waals surface area (Å²) >= 11 is 0. The van der Waals surface area contributed by atoms with Gasteiger partial charge in [-0.1, -0.05) is 31.4 Å². The van der Waals surface area contributed by atoms with E-state index in [2.05, 4.69) is 0 Å². The lowest BCUT2D eigenvalue weighted by molar-refractivity contribution is -0.149. The monoisotopic (exact) mass is 375 g/mol. The lowest BCUT2D eigenvalue weighted by Gasteiger charge is -2.33. The summed E-state index contributed by atoms with van der Waals surface area (Å²) in [4.78, 5) is 26.3. The maximum atomic E-state index is 12.4. The molecule has 148 valence electrons. The SMILES string of the molecule is CCN(C(=O)COC(=O)C=Cc1cccc(OC)c1OC)C1CCCCC1. The van der Waals surface area contributed by atoms with E-state index in [0.717, 1.165) is 25.7 Å². The van der Waals surface area contributed by atoms with Crippen molar-refractivity contribution in [2.24, 2.45) is 0 Å². The highest BCUT2D eigenvalue weighted by Crippen LogP contribution is 2.31. The molecule has 27 heavy (non-hydrogen) atoms. The molecular formula is C21H29NO5. The molecule has 6 nitrogen and oxygen atoms in total.